The number of methoxy groups -OCH3 is 1. The first kappa shape index (κ1) is 15.2. The third-order valence-corrected chi connectivity index (χ3v) is 3.43. The van der Waals surface area contributed by atoms with Crippen molar-refractivity contribution in [1.82, 2.24) is 9.61 Å². The predicted molar refractivity (Wildman–Crippen MR) is 78.6 cm³/mol. The van der Waals surface area contributed by atoms with Gasteiger partial charge in [-0.25, -0.2) is 4.52 Å². The van der Waals surface area contributed by atoms with E-state index in [9.17, 15) is 13.2 Å². The smallest absolute Gasteiger partial charge is 0.496 e. The maximum Gasteiger partial charge on any atom is 0.573 e. The highest BCUT2D eigenvalue weighted by atomic mass is 19.4. The standard InChI is InChI=1S/C16H13F3N2O2/c1-10-9-20-21-6-5-11(7-14(10)21)13-4-3-12(8-15(13)22-2)23-16(17,18)19/h3-9H,1-2H3. The van der Waals surface area contributed by atoms with Crippen LogP contribution in [0.5, 0.6) is 11.5 Å². The number of aryl methyl sites for hydroxylation is 1. The quantitative estimate of drug-likeness (QED) is 0.724. The van der Waals surface area contributed by atoms with Crippen molar-refractivity contribution < 1.29 is 22.6 Å². The summed E-state index contributed by atoms with van der Waals surface area (Å²) in [5, 5.41) is 4.19. The molecule has 3 rings (SSSR count). The van der Waals surface area contributed by atoms with Crippen LogP contribution in [-0.2, 0) is 0 Å². The normalized spacial score (nSPS) is 11.7. The van der Waals surface area contributed by atoms with Crippen LogP contribution in [0, 0.1) is 6.92 Å². The van der Waals surface area contributed by atoms with E-state index < -0.39 is 6.36 Å². The van der Waals surface area contributed by atoms with Gasteiger partial charge in [-0.15, -0.1) is 13.2 Å². The minimum Gasteiger partial charge on any atom is -0.496 e. The van der Waals surface area contributed by atoms with Crippen LogP contribution in [0.2, 0.25) is 0 Å². The van der Waals surface area contributed by atoms with Crippen LogP contribution >= 0.6 is 0 Å². The zero-order valence-corrected chi connectivity index (χ0v) is 12.4. The fraction of sp³-hybridized carbons (Fsp3) is 0.188. The number of fused-ring (bicyclic) bond motifs is 1. The average molecular weight is 322 g/mol. The van der Waals surface area contributed by atoms with E-state index >= 15 is 0 Å². The molecule has 23 heavy (non-hydrogen) atoms. The molecule has 0 unspecified atom stereocenters. The Labute approximate surface area is 130 Å². The van der Waals surface area contributed by atoms with Gasteiger partial charge in [0.15, 0.2) is 0 Å². The van der Waals surface area contributed by atoms with Gasteiger partial charge in [0.25, 0.3) is 0 Å². The monoisotopic (exact) mass is 322 g/mol. The second kappa shape index (κ2) is 5.49. The molecule has 2 aromatic heterocycles. The van der Waals surface area contributed by atoms with Crippen LogP contribution in [0.15, 0.2) is 42.7 Å². The molecule has 0 radical (unpaired) electrons. The van der Waals surface area contributed by atoms with Gasteiger partial charge < -0.3 is 9.47 Å². The molecule has 0 bridgehead atoms. The Kier molecular flexibility index (Phi) is 3.63. The minimum atomic E-state index is -4.74. The minimum absolute atomic E-state index is 0.299. The molecule has 0 aliphatic rings. The van der Waals surface area contributed by atoms with Crippen molar-refractivity contribution in [1.29, 1.82) is 0 Å². The summed E-state index contributed by atoms with van der Waals surface area (Å²) in [6, 6.07) is 7.75. The average Bonchev–Trinajstić information content (AvgIpc) is 2.86. The molecule has 4 nitrogen and oxygen atoms in total. The van der Waals surface area contributed by atoms with E-state index in [0.29, 0.717) is 11.3 Å². The van der Waals surface area contributed by atoms with Crippen LogP contribution in [0.25, 0.3) is 16.6 Å². The molecule has 0 aliphatic heterocycles. The summed E-state index contributed by atoms with van der Waals surface area (Å²) in [6.07, 6.45) is -1.20. The first-order valence-corrected chi connectivity index (χ1v) is 6.75. The summed E-state index contributed by atoms with van der Waals surface area (Å²) in [7, 11) is 1.40. The summed E-state index contributed by atoms with van der Waals surface area (Å²) in [5.74, 6) is -0.0204. The topological polar surface area (TPSA) is 35.8 Å². The van der Waals surface area contributed by atoms with E-state index in [2.05, 4.69) is 9.84 Å². The molecule has 0 fully saturated rings. The maximum absolute atomic E-state index is 12.3. The molecule has 7 heteroatoms. The number of alkyl halides is 3. The van der Waals surface area contributed by atoms with Crippen molar-refractivity contribution in [2.24, 2.45) is 0 Å². The molecule has 1 aromatic carbocycles. The van der Waals surface area contributed by atoms with E-state index in [4.69, 9.17) is 4.74 Å². The SMILES string of the molecule is COc1cc(OC(F)(F)F)ccc1-c1ccn2ncc(C)c2c1. The van der Waals surface area contributed by atoms with Crippen LogP contribution in [0.4, 0.5) is 13.2 Å². The predicted octanol–water partition coefficient (Wildman–Crippen LogP) is 4.22. The molecular weight excluding hydrogens is 309 g/mol. The highest BCUT2D eigenvalue weighted by molar-refractivity contribution is 5.75. The van der Waals surface area contributed by atoms with E-state index in [0.717, 1.165) is 16.6 Å². The largest absolute Gasteiger partial charge is 0.573 e. The second-order valence-corrected chi connectivity index (χ2v) is 4.98. The van der Waals surface area contributed by atoms with Gasteiger partial charge in [-0.3, -0.25) is 0 Å². The fourth-order valence-corrected chi connectivity index (χ4v) is 2.38. The number of nitrogens with zero attached hydrogens (tertiary/aromatic N) is 2. The molecule has 0 saturated carbocycles. The van der Waals surface area contributed by atoms with Gasteiger partial charge in [0.1, 0.15) is 11.5 Å². The Morgan fingerprint density at radius 3 is 2.61 bits per heavy atom. The van der Waals surface area contributed by atoms with Gasteiger partial charge in [0, 0.05) is 17.8 Å². The van der Waals surface area contributed by atoms with Crippen LogP contribution in [-0.4, -0.2) is 23.1 Å². The lowest BCUT2D eigenvalue weighted by Gasteiger charge is -2.13. The molecule has 120 valence electrons. The Balaban J connectivity index is 2.05. The number of rotatable bonds is 3. The van der Waals surface area contributed by atoms with Gasteiger partial charge in [-0.1, -0.05) is 0 Å². The Morgan fingerprint density at radius 2 is 1.91 bits per heavy atom. The van der Waals surface area contributed by atoms with Gasteiger partial charge >= 0.3 is 6.36 Å². The third kappa shape index (κ3) is 3.08. The molecule has 0 saturated heterocycles. The molecule has 0 amide bonds. The lowest BCUT2D eigenvalue weighted by atomic mass is 10.0. The number of benzene rings is 1. The Morgan fingerprint density at radius 1 is 1.13 bits per heavy atom. The second-order valence-electron chi connectivity index (χ2n) is 4.98. The zero-order valence-electron chi connectivity index (χ0n) is 12.4. The summed E-state index contributed by atoms with van der Waals surface area (Å²) in [4.78, 5) is 0. The third-order valence-electron chi connectivity index (χ3n) is 3.43. The summed E-state index contributed by atoms with van der Waals surface area (Å²) in [6.45, 7) is 1.93. The summed E-state index contributed by atoms with van der Waals surface area (Å²) >= 11 is 0. The van der Waals surface area contributed by atoms with Crippen molar-refractivity contribution in [2.45, 2.75) is 13.3 Å². The molecule has 2 heterocycles. The van der Waals surface area contributed by atoms with Gasteiger partial charge in [-0.05, 0) is 42.3 Å². The highest BCUT2D eigenvalue weighted by Gasteiger charge is 2.31. The van der Waals surface area contributed by atoms with E-state index in [-0.39, 0.29) is 5.75 Å². The van der Waals surface area contributed by atoms with Crippen molar-refractivity contribution in [3.05, 3.63) is 48.3 Å². The first-order valence-electron chi connectivity index (χ1n) is 6.75. The summed E-state index contributed by atoms with van der Waals surface area (Å²) in [5.41, 5.74) is 3.41. The fourth-order valence-electron chi connectivity index (χ4n) is 2.38. The van der Waals surface area contributed by atoms with E-state index in [1.807, 2.05) is 19.1 Å². The highest BCUT2D eigenvalue weighted by Crippen LogP contribution is 2.35. The van der Waals surface area contributed by atoms with Gasteiger partial charge in [0.05, 0.1) is 18.8 Å². The van der Waals surface area contributed by atoms with Gasteiger partial charge in [0.2, 0.25) is 0 Å². The molecule has 3 aromatic rings. The first-order chi connectivity index (χ1) is 10.9. The molecule has 0 N–H and O–H groups in total. The number of halogens is 3. The van der Waals surface area contributed by atoms with E-state index in [1.165, 1.54) is 25.3 Å². The lowest BCUT2D eigenvalue weighted by Crippen LogP contribution is -2.17. The molecular formula is C16H13F3N2O2. The number of ether oxygens (including phenoxy) is 2. The van der Waals surface area contributed by atoms with Crippen molar-refractivity contribution in [3.8, 4) is 22.6 Å². The molecule has 0 atom stereocenters. The number of pyridine rings is 1. The number of aromatic nitrogens is 2. The number of hydrogen-bond acceptors (Lipinski definition) is 3. The zero-order chi connectivity index (χ0) is 16.6. The Bertz CT molecular complexity index is 856. The lowest BCUT2D eigenvalue weighted by molar-refractivity contribution is -0.274. The van der Waals surface area contributed by atoms with Crippen LogP contribution in [0.3, 0.4) is 0 Å². The van der Waals surface area contributed by atoms with E-state index in [1.54, 1.807) is 16.9 Å². The maximum atomic E-state index is 12.3. The summed E-state index contributed by atoms with van der Waals surface area (Å²) < 4.78 is 47.8. The van der Waals surface area contributed by atoms with Crippen molar-refractivity contribution in [3.63, 3.8) is 0 Å². The van der Waals surface area contributed by atoms with Crippen molar-refractivity contribution >= 4 is 5.52 Å². The molecule has 0 spiro atoms. The number of hydrogen-bond donors (Lipinski definition) is 0. The van der Waals surface area contributed by atoms with Crippen molar-refractivity contribution in [2.75, 3.05) is 7.11 Å². The Hall–Kier alpha value is -2.70. The van der Waals surface area contributed by atoms with Gasteiger partial charge in [-0.2, -0.15) is 5.10 Å². The van der Waals surface area contributed by atoms with Crippen LogP contribution < -0.4 is 9.47 Å². The van der Waals surface area contributed by atoms with Crippen LogP contribution in [0.1, 0.15) is 5.56 Å². The molecule has 0 aliphatic carbocycles.